The molecule has 0 amide bonds. The summed E-state index contributed by atoms with van der Waals surface area (Å²) in [5.74, 6) is -0.924. The first-order valence-electron chi connectivity index (χ1n) is 14.3. The summed E-state index contributed by atoms with van der Waals surface area (Å²) in [6, 6.07) is 10.8. The van der Waals surface area contributed by atoms with Crippen molar-refractivity contribution in [2.75, 3.05) is 26.7 Å². The van der Waals surface area contributed by atoms with Crippen molar-refractivity contribution in [2.45, 2.75) is 70.1 Å². The smallest absolute Gasteiger partial charge is 0.422 e. The van der Waals surface area contributed by atoms with E-state index in [2.05, 4.69) is 0 Å². The maximum Gasteiger partial charge on any atom is 0.422 e. The molecule has 1 unspecified atom stereocenters. The van der Waals surface area contributed by atoms with Gasteiger partial charge in [0.1, 0.15) is 18.2 Å². The number of piperidine rings is 1. The Balaban J connectivity index is 1.56. The number of hydrogen-bond acceptors (Lipinski definition) is 8. The summed E-state index contributed by atoms with van der Waals surface area (Å²) in [6.45, 7) is 4.21. The van der Waals surface area contributed by atoms with Gasteiger partial charge in [-0.3, -0.25) is 14.5 Å². The predicted molar refractivity (Wildman–Crippen MR) is 157 cm³/mol. The second-order valence-electron chi connectivity index (χ2n) is 12.1. The lowest BCUT2D eigenvalue weighted by atomic mass is 9.90. The largest absolute Gasteiger partial charge is 0.493 e. The van der Waals surface area contributed by atoms with Gasteiger partial charge in [0.2, 0.25) is 5.60 Å². The van der Waals surface area contributed by atoms with E-state index in [1.807, 2.05) is 6.07 Å². The highest BCUT2D eigenvalue weighted by atomic mass is 19.4. The minimum atomic E-state index is -5.08. The van der Waals surface area contributed by atoms with Gasteiger partial charge in [0.15, 0.2) is 11.5 Å². The van der Waals surface area contributed by atoms with Crippen molar-refractivity contribution in [2.24, 2.45) is 0 Å². The highest BCUT2D eigenvalue weighted by Crippen LogP contribution is 2.44. The molecule has 1 aromatic heterocycles. The van der Waals surface area contributed by atoms with Crippen LogP contribution in [0, 0.1) is 11.3 Å². The summed E-state index contributed by atoms with van der Waals surface area (Å²) >= 11 is 0. The molecule has 2 aromatic carbocycles. The van der Waals surface area contributed by atoms with E-state index >= 15 is 0 Å². The lowest BCUT2D eigenvalue weighted by molar-refractivity contribution is -0.272. The fourth-order valence-electron chi connectivity index (χ4n) is 5.44. The van der Waals surface area contributed by atoms with Crippen molar-refractivity contribution in [3.63, 3.8) is 0 Å². The predicted octanol–water partition coefficient (Wildman–Crippen LogP) is 4.78. The molecule has 10 nitrogen and oxygen atoms in total. The summed E-state index contributed by atoms with van der Waals surface area (Å²) in [6.07, 6.45) is -3.78. The van der Waals surface area contributed by atoms with E-state index in [1.54, 1.807) is 39.0 Å². The standard InChI is InChI=1S/C32H36F3N3O7/c1-30(2,3)45-29(41)18-38-17-24(23-7-5-21(16-36)13-25(23)38)31(42,32(33,34)35)19-37-11-9-22(10-12-37)44-26-8-6-20(15-28(39)40)14-27(26)43-4/h5-8,13-14,17,22,42H,9-12,15,18-19H2,1-4H3,(H,39,40). The topological polar surface area (TPSA) is 134 Å². The first-order valence-corrected chi connectivity index (χ1v) is 14.3. The van der Waals surface area contributed by atoms with E-state index < -0.39 is 48.0 Å². The molecule has 4 rings (SSSR count). The molecule has 0 saturated carbocycles. The number of carbonyl (C=O) groups is 2. The minimum Gasteiger partial charge on any atom is -0.493 e. The molecule has 45 heavy (non-hydrogen) atoms. The van der Waals surface area contributed by atoms with Gasteiger partial charge in [-0.25, -0.2) is 0 Å². The first kappa shape index (κ1) is 33.6. The highest BCUT2D eigenvalue weighted by Gasteiger charge is 2.57. The zero-order valence-corrected chi connectivity index (χ0v) is 25.5. The van der Waals surface area contributed by atoms with Crippen molar-refractivity contribution in [3.8, 4) is 17.6 Å². The van der Waals surface area contributed by atoms with E-state index in [0.717, 1.165) is 6.20 Å². The first-order chi connectivity index (χ1) is 21.0. The molecule has 1 aliphatic heterocycles. The summed E-state index contributed by atoms with van der Waals surface area (Å²) < 4.78 is 62.3. The number of esters is 1. The van der Waals surface area contributed by atoms with Gasteiger partial charge < -0.3 is 29.0 Å². The fourth-order valence-corrected chi connectivity index (χ4v) is 5.44. The van der Waals surface area contributed by atoms with Crippen LogP contribution >= 0.6 is 0 Å². The molecule has 0 radical (unpaired) electrons. The lowest BCUT2D eigenvalue weighted by Gasteiger charge is -2.39. The molecule has 3 aromatic rings. The van der Waals surface area contributed by atoms with Crippen molar-refractivity contribution in [3.05, 3.63) is 59.3 Å². The number of benzene rings is 2. The van der Waals surface area contributed by atoms with E-state index in [-0.39, 0.29) is 42.1 Å². The molecule has 0 spiro atoms. The van der Waals surface area contributed by atoms with Crippen LogP contribution in [0.5, 0.6) is 11.5 Å². The fraction of sp³-hybridized carbons (Fsp3) is 0.469. The molecule has 2 N–H and O–H groups in total. The molecule has 13 heteroatoms. The number of rotatable bonds is 10. The zero-order valence-electron chi connectivity index (χ0n) is 25.5. The average Bonchev–Trinajstić information content (AvgIpc) is 3.30. The second-order valence-corrected chi connectivity index (χ2v) is 12.1. The third kappa shape index (κ3) is 7.87. The molecule has 1 atom stereocenters. The number of hydrogen-bond donors (Lipinski definition) is 2. The number of carboxylic acids is 1. The third-order valence-corrected chi connectivity index (χ3v) is 7.51. The Hall–Kier alpha value is -4.28. The van der Waals surface area contributed by atoms with Crippen LogP contribution in [-0.4, -0.2) is 76.2 Å². The number of alkyl halides is 3. The average molecular weight is 632 g/mol. The van der Waals surface area contributed by atoms with Crippen LogP contribution in [0.25, 0.3) is 10.9 Å². The van der Waals surface area contributed by atoms with Crippen LogP contribution in [0.3, 0.4) is 0 Å². The Bertz CT molecular complexity index is 1600. The van der Waals surface area contributed by atoms with Crippen molar-refractivity contribution in [1.29, 1.82) is 5.26 Å². The molecular formula is C32H36F3N3O7. The molecular weight excluding hydrogens is 595 g/mol. The number of β-amino-alcohol motifs (C(OH)–C–C–N with tert-alkyl or cyclic N) is 1. The normalized spacial score (nSPS) is 16.2. The van der Waals surface area contributed by atoms with E-state index in [1.165, 1.54) is 34.8 Å². The number of aliphatic hydroxyl groups is 1. The number of methoxy groups -OCH3 is 1. The number of halogens is 3. The Morgan fingerprint density at radius 1 is 1.07 bits per heavy atom. The maximum absolute atomic E-state index is 14.8. The summed E-state index contributed by atoms with van der Waals surface area (Å²) in [5.41, 5.74) is -3.64. The monoisotopic (exact) mass is 631 g/mol. The third-order valence-electron chi connectivity index (χ3n) is 7.51. The molecule has 2 heterocycles. The van der Waals surface area contributed by atoms with Crippen LogP contribution in [0.2, 0.25) is 0 Å². The summed E-state index contributed by atoms with van der Waals surface area (Å²) in [7, 11) is 1.43. The van der Waals surface area contributed by atoms with Crippen molar-refractivity contribution >= 4 is 22.8 Å². The van der Waals surface area contributed by atoms with Crippen molar-refractivity contribution < 1.29 is 47.2 Å². The quantitative estimate of drug-likeness (QED) is 0.303. The van der Waals surface area contributed by atoms with E-state index in [9.17, 15) is 33.1 Å². The number of nitrogens with zero attached hydrogens (tertiary/aromatic N) is 3. The Morgan fingerprint density at radius 3 is 2.33 bits per heavy atom. The Labute approximate surface area is 258 Å². The number of aromatic nitrogens is 1. The number of carbonyl (C=O) groups excluding carboxylic acids is 1. The van der Waals surface area contributed by atoms with Crippen LogP contribution in [-0.2, 0) is 32.9 Å². The minimum absolute atomic E-state index is 0.0639. The van der Waals surface area contributed by atoms with Gasteiger partial charge in [-0.1, -0.05) is 12.1 Å². The van der Waals surface area contributed by atoms with Crippen LogP contribution in [0.4, 0.5) is 13.2 Å². The molecule has 0 aliphatic carbocycles. The molecule has 242 valence electrons. The SMILES string of the molecule is COc1cc(CC(=O)O)ccc1OC1CCN(CC(O)(c2cn(CC(=O)OC(C)(C)C)c3cc(C#N)ccc23)C(F)(F)F)CC1. The van der Waals surface area contributed by atoms with Gasteiger partial charge in [0.05, 0.1) is 30.7 Å². The number of nitriles is 1. The van der Waals surface area contributed by atoms with E-state index in [4.69, 9.17) is 19.3 Å². The number of aliphatic carboxylic acids is 1. The van der Waals surface area contributed by atoms with Gasteiger partial charge in [-0.15, -0.1) is 0 Å². The summed E-state index contributed by atoms with van der Waals surface area (Å²) in [5, 5.41) is 29.9. The molecule has 0 bridgehead atoms. The van der Waals surface area contributed by atoms with Crippen molar-refractivity contribution in [1.82, 2.24) is 9.47 Å². The van der Waals surface area contributed by atoms with Crippen LogP contribution in [0.15, 0.2) is 42.6 Å². The Morgan fingerprint density at radius 2 is 1.76 bits per heavy atom. The molecule has 1 fully saturated rings. The van der Waals surface area contributed by atoms with Gasteiger partial charge in [0.25, 0.3) is 0 Å². The lowest BCUT2D eigenvalue weighted by Crippen LogP contribution is -2.53. The molecule has 1 aliphatic rings. The Kier molecular flexibility index (Phi) is 9.70. The number of likely N-dealkylation sites (tertiary alicyclic amines) is 1. The van der Waals surface area contributed by atoms with Crippen LogP contribution in [0.1, 0.15) is 50.3 Å². The van der Waals surface area contributed by atoms with E-state index in [0.29, 0.717) is 29.9 Å². The number of fused-ring (bicyclic) bond motifs is 1. The maximum atomic E-state index is 14.8. The van der Waals surface area contributed by atoms with Gasteiger partial charge >= 0.3 is 18.1 Å². The summed E-state index contributed by atoms with van der Waals surface area (Å²) in [4.78, 5) is 25.2. The van der Waals surface area contributed by atoms with Gasteiger partial charge in [-0.2, -0.15) is 18.4 Å². The van der Waals surface area contributed by atoms with Crippen LogP contribution < -0.4 is 9.47 Å². The highest BCUT2D eigenvalue weighted by molar-refractivity contribution is 5.87. The number of ether oxygens (including phenoxy) is 3. The van der Waals surface area contributed by atoms with Gasteiger partial charge in [-0.05, 0) is 63.4 Å². The zero-order chi connectivity index (χ0) is 33.2. The second kappa shape index (κ2) is 13.0. The number of carboxylic acid groups (broad SMARTS) is 1. The van der Waals surface area contributed by atoms with Gasteiger partial charge in [0, 0.05) is 36.8 Å². The molecule has 1 saturated heterocycles.